The van der Waals surface area contributed by atoms with Crippen molar-refractivity contribution in [3.8, 4) is 29.8 Å². The van der Waals surface area contributed by atoms with E-state index in [4.69, 9.17) is 20.6 Å². The molecule has 0 aliphatic heterocycles. The first-order chi connectivity index (χ1) is 20.7. The Bertz CT molecular complexity index is 1690. The second-order valence-electron chi connectivity index (χ2n) is 8.74. The Balaban J connectivity index is 1.38. The minimum Gasteiger partial charge on any atom is -0.490 e. The first-order valence-corrected chi connectivity index (χ1v) is 12.7. The molecular weight excluding hydrogens is 556 g/mol. The number of anilines is 2. The number of hydrogen-bond donors (Lipinski definition) is 4. The third-order valence-electron chi connectivity index (χ3n) is 5.87. The molecule has 4 aromatic rings. The molecule has 0 fully saturated rings. The Labute approximate surface area is 245 Å². The van der Waals surface area contributed by atoms with Crippen LogP contribution in [-0.4, -0.2) is 47.2 Å². The maximum absolute atomic E-state index is 12.9. The molecule has 0 bridgehead atoms. The number of nitrogens with one attached hydrogen (secondary N) is 2. The molecular formula is C32H24N2O9. The summed E-state index contributed by atoms with van der Waals surface area (Å²) < 4.78 is 16.0. The smallest absolute Gasteiger partial charge is 0.336 e. The van der Waals surface area contributed by atoms with Crippen molar-refractivity contribution in [3.63, 3.8) is 0 Å². The molecule has 0 aliphatic carbocycles. The zero-order valence-electron chi connectivity index (χ0n) is 22.4. The van der Waals surface area contributed by atoms with E-state index in [-0.39, 0.29) is 47.0 Å². The topological polar surface area (TPSA) is 160 Å². The van der Waals surface area contributed by atoms with Gasteiger partial charge in [-0.2, -0.15) is 0 Å². The highest BCUT2D eigenvalue weighted by atomic mass is 16.5. The summed E-state index contributed by atoms with van der Waals surface area (Å²) in [5.74, 6) is -2.99. The molecule has 0 aliphatic rings. The van der Waals surface area contributed by atoms with Crippen LogP contribution < -0.4 is 24.8 Å². The average molecular weight is 581 g/mol. The maximum atomic E-state index is 12.9. The fourth-order valence-electron chi connectivity index (χ4n) is 3.89. The fraction of sp³-hybridized carbons (Fsp3) is 0.0625. The van der Waals surface area contributed by atoms with E-state index in [0.717, 1.165) is 6.07 Å². The second kappa shape index (κ2) is 13.9. The lowest BCUT2D eigenvalue weighted by Crippen LogP contribution is -2.18. The summed E-state index contributed by atoms with van der Waals surface area (Å²) in [4.78, 5) is 49.1. The van der Waals surface area contributed by atoms with Gasteiger partial charge in [-0.1, -0.05) is 24.6 Å². The lowest BCUT2D eigenvalue weighted by Gasteiger charge is -2.12. The number of carboxylic acid groups (broad SMARTS) is 2. The molecule has 216 valence electrons. The van der Waals surface area contributed by atoms with Crippen LogP contribution in [0.2, 0.25) is 0 Å². The lowest BCUT2D eigenvalue weighted by atomic mass is 10.1. The molecule has 0 heterocycles. The number of hydrogen-bond acceptors (Lipinski definition) is 7. The first kappa shape index (κ1) is 29.7. The van der Waals surface area contributed by atoms with Crippen LogP contribution in [-0.2, 0) is 0 Å². The number of rotatable bonds is 12. The molecule has 0 unspecified atom stereocenters. The van der Waals surface area contributed by atoms with Gasteiger partial charge in [0.1, 0.15) is 36.6 Å². The first-order valence-electron chi connectivity index (χ1n) is 12.7. The molecule has 0 radical (unpaired) electrons. The molecule has 4 N–H and O–H groups in total. The van der Waals surface area contributed by atoms with Crippen molar-refractivity contribution in [2.75, 3.05) is 23.8 Å². The lowest BCUT2D eigenvalue weighted by molar-refractivity contribution is 0.0683. The van der Waals surface area contributed by atoms with E-state index >= 15 is 0 Å². The van der Waals surface area contributed by atoms with Gasteiger partial charge in [0.05, 0.1) is 22.3 Å². The Morgan fingerprint density at radius 3 is 1.56 bits per heavy atom. The summed E-state index contributed by atoms with van der Waals surface area (Å²) in [7, 11) is 0. The number of carbonyl (C=O) groups excluding carboxylic acids is 2. The van der Waals surface area contributed by atoms with Crippen LogP contribution in [0.1, 0.15) is 41.4 Å². The van der Waals surface area contributed by atoms with E-state index in [2.05, 4.69) is 10.6 Å². The van der Waals surface area contributed by atoms with E-state index < -0.39 is 23.8 Å². The molecule has 0 atom stereocenters. The van der Waals surface area contributed by atoms with Gasteiger partial charge in [-0.15, -0.1) is 0 Å². The SMILES string of the molecule is C#COc1ccc(C(=O)Nc2ccc(NC(=O)c3ccc(OCCOc4ccccc4)cc3C(=O)O)cc2)c(C(=O)O)c1. The summed E-state index contributed by atoms with van der Waals surface area (Å²) in [5, 5.41) is 24.3. The van der Waals surface area contributed by atoms with Crippen molar-refractivity contribution in [1.82, 2.24) is 0 Å². The summed E-state index contributed by atoms with van der Waals surface area (Å²) >= 11 is 0. The highest BCUT2D eigenvalue weighted by Gasteiger charge is 2.20. The van der Waals surface area contributed by atoms with E-state index in [1.807, 2.05) is 24.3 Å². The summed E-state index contributed by atoms with van der Waals surface area (Å²) in [6, 6.07) is 22.9. The number of ether oxygens (including phenoxy) is 3. The number of para-hydroxylation sites is 1. The van der Waals surface area contributed by atoms with Crippen molar-refractivity contribution >= 4 is 35.1 Å². The molecule has 4 rings (SSSR count). The highest BCUT2D eigenvalue weighted by molar-refractivity contribution is 6.12. The van der Waals surface area contributed by atoms with Gasteiger partial charge in [0.15, 0.2) is 0 Å². The largest absolute Gasteiger partial charge is 0.490 e. The van der Waals surface area contributed by atoms with Crippen LogP contribution >= 0.6 is 0 Å². The van der Waals surface area contributed by atoms with Crippen molar-refractivity contribution in [3.05, 3.63) is 113 Å². The Kier molecular flexibility index (Phi) is 9.58. The third-order valence-corrected chi connectivity index (χ3v) is 5.87. The Hall–Kier alpha value is -6.28. The van der Waals surface area contributed by atoms with Gasteiger partial charge in [0.25, 0.3) is 11.8 Å². The summed E-state index contributed by atoms with van der Waals surface area (Å²) in [6.07, 6.45) is 6.99. The molecule has 11 heteroatoms. The van der Waals surface area contributed by atoms with Gasteiger partial charge >= 0.3 is 11.9 Å². The molecule has 4 aromatic carbocycles. The van der Waals surface area contributed by atoms with Gasteiger partial charge in [-0.3, -0.25) is 9.59 Å². The monoisotopic (exact) mass is 580 g/mol. The van der Waals surface area contributed by atoms with Crippen molar-refractivity contribution in [1.29, 1.82) is 0 Å². The number of terminal acetylenes is 1. The summed E-state index contributed by atoms with van der Waals surface area (Å²) in [5.41, 5.74) is -0.133. The van der Waals surface area contributed by atoms with Gasteiger partial charge in [-0.25, -0.2) is 9.59 Å². The van der Waals surface area contributed by atoms with E-state index in [9.17, 15) is 29.4 Å². The molecule has 2 amide bonds. The predicted molar refractivity (Wildman–Crippen MR) is 156 cm³/mol. The highest BCUT2D eigenvalue weighted by Crippen LogP contribution is 2.23. The van der Waals surface area contributed by atoms with Crippen LogP contribution in [0.3, 0.4) is 0 Å². The fourth-order valence-corrected chi connectivity index (χ4v) is 3.89. The Morgan fingerprint density at radius 1 is 0.605 bits per heavy atom. The number of carbonyl (C=O) groups is 4. The number of carboxylic acids is 2. The van der Waals surface area contributed by atoms with Crippen molar-refractivity contribution in [2.24, 2.45) is 0 Å². The van der Waals surface area contributed by atoms with Crippen LogP contribution in [0.5, 0.6) is 17.2 Å². The molecule has 11 nitrogen and oxygen atoms in total. The van der Waals surface area contributed by atoms with E-state index in [1.54, 1.807) is 12.1 Å². The maximum Gasteiger partial charge on any atom is 0.336 e. The van der Waals surface area contributed by atoms with Crippen molar-refractivity contribution < 1.29 is 43.6 Å². The van der Waals surface area contributed by atoms with Gasteiger partial charge in [0, 0.05) is 11.4 Å². The second-order valence-corrected chi connectivity index (χ2v) is 8.74. The standard InChI is InChI=1S/C32H24N2O9/c1-2-41-23-12-14-25(27(18-23)31(37)38)29(35)33-20-8-10-21(11-9-20)34-30(36)26-15-13-24(19-28(26)32(39)40)43-17-16-42-22-6-4-3-5-7-22/h1,3-15,18-19H,16-17H2,(H,33,35)(H,34,36)(H,37,38)(H,39,40). The molecule has 0 spiro atoms. The van der Waals surface area contributed by atoms with Crippen LogP contribution in [0.15, 0.2) is 91.0 Å². The van der Waals surface area contributed by atoms with E-state index in [0.29, 0.717) is 17.1 Å². The zero-order chi connectivity index (χ0) is 30.8. The van der Waals surface area contributed by atoms with Crippen molar-refractivity contribution in [2.45, 2.75) is 0 Å². The minimum atomic E-state index is -1.34. The molecule has 0 aromatic heterocycles. The van der Waals surface area contributed by atoms with Gasteiger partial charge in [-0.05, 0) is 72.8 Å². The minimum absolute atomic E-state index is 0.0868. The summed E-state index contributed by atoms with van der Waals surface area (Å²) in [6.45, 7) is 0.394. The van der Waals surface area contributed by atoms with Gasteiger partial charge < -0.3 is 35.1 Å². The van der Waals surface area contributed by atoms with Crippen LogP contribution in [0.25, 0.3) is 0 Å². The predicted octanol–water partition coefficient (Wildman–Crippen LogP) is 5.01. The number of amides is 2. The number of aromatic carboxylic acids is 2. The zero-order valence-corrected chi connectivity index (χ0v) is 22.4. The van der Waals surface area contributed by atoms with Crippen LogP contribution in [0, 0.1) is 12.5 Å². The van der Waals surface area contributed by atoms with E-state index in [1.165, 1.54) is 54.6 Å². The quantitative estimate of drug-likeness (QED) is 0.133. The van der Waals surface area contributed by atoms with Crippen LogP contribution in [0.4, 0.5) is 11.4 Å². The Morgan fingerprint density at radius 2 is 1.07 bits per heavy atom. The third kappa shape index (κ3) is 7.90. The normalized spacial score (nSPS) is 10.1. The molecule has 0 saturated carbocycles. The molecule has 0 saturated heterocycles. The van der Waals surface area contributed by atoms with Gasteiger partial charge in [0.2, 0.25) is 0 Å². The molecule has 43 heavy (non-hydrogen) atoms. The average Bonchev–Trinajstić information content (AvgIpc) is 3.00. The number of benzene rings is 4.